The molecule has 2 aromatic rings. The quantitative estimate of drug-likeness (QED) is 0.322. The fourth-order valence-corrected chi connectivity index (χ4v) is 6.15. The van der Waals surface area contributed by atoms with Crippen molar-refractivity contribution in [2.75, 3.05) is 20.2 Å². The second kappa shape index (κ2) is 14.4. The molecule has 11 nitrogen and oxygen atoms in total. The number of likely N-dealkylation sites (tertiary alicyclic amines) is 2. The first-order valence-electron chi connectivity index (χ1n) is 15.0. The van der Waals surface area contributed by atoms with Crippen LogP contribution in [0.15, 0.2) is 54.6 Å². The van der Waals surface area contributed by atoms with Crippen molar-refractivity contribution in [1.29, 1.82) is 0 Å². The Labute approximate surface area is 257 Å². The molecule has 4 rings (SSSR count). The molecular weight excluding hydrogens is 566 g/mol. The fourth-order valence-electron chi connectivity index (χ4n) is 6.15. The van der Waals surface area contributed by atoms with E-state index in [2.05, 4.69) is 5.32 Å². The van der Waals surface area contributed by atoms with E-state index in [-0.39, 0.29) is 18.9 Å². The predicted octanol–water partition coefficient (Wildman–Crippen LogP) is 3.31. The number of hydrogen-bond acceptors (Lipinski definition) is 8. The lowest BCUT2D eigenvalue weighted by atomic mass is 9.85. The highest BCUT2D eigenvalue weighted by Gasteiger charge is 2.53. The summed E-state index contributed by atoms with van der Waals surface area (Å²) in [7, 11) is 1.17. The number of hydrogen-bond donors (Lipinski definition) is 1. The molecule has 3 amide bonds. The summed E-state index contributed by atoms with van der Waals surface area (Å²) in [6.45, 7) is 5.44. The maximum atomic E-state index is 14.3. The SMILES string of the molecule is COC(=O)[C@H](OC(C)=O)[C@@H](C)NC(=O)C1(Cc2cccc(C)c2)CCCN1C(=O)C1CCCN1C(=O)OCc1ccccc1. The summed E-state index contributed by atoms with van der Waals surface area (Å²) >= 11 is 0. The van der Waals surface area contributed by atoms with Gasteiger partial charge in [-0.2, -0.15) is 0 Å². The van der Waals surface area contributed by atoms with Crippen LogP contribution in [-0.2, 0) is 46.4 Å². The van der Waals surface area contributed by atoms with Crippen molar-refractivity contribution in [3.63, 3.8) is 0 Å². The maximum Gasteiger partial charge on any atom is 0.410 e. The maximum absolute atomic E-state index is 14.3. The van der Waals surface area contributed by atoms with E-state index < -0.39 is 47.7 Å². The first-order valence-corrected chi connectivity index (χ1v) is 15.0. The number of aryl methyl sites for hydroxylation is 1. The van der Waals surface area contributed by atoms with Crippen molar-refractivity contribution >= 4 is 29.8 Å². The lowest BCUT2D eigenvalue weighted by Gasteiger charge is -2.40. The second-order valence-electron chi connectivity index (χ2n) is 11.5. The molecule has 236 valence electrons. The number of ether oxygens (including phenoxy) is 3. The van der Waals surface area contributed by atoms with Crippen molar-refractivity contribution in [1.82, 2.24) is 15.1 Å². The molecule has 0 aromatic heterocycles. The molecule has 0 saturated carbocycles. The van der Waals surface area contributed by atoms with Gasteiger partial charge in [-0.25, -0.2) is 9.59 Å². The standard InChI is InChI=1S/C33H41N3O8/c1-22-11-8-14-26(19-22)20-33(31(40)34-23(2)28(30(39)42-4)44-24(3)37)16-10-18-36(33)29(38)27-15-9-17-35(27)32(41)43-21-25-12-6-5-7-13-25/h5-8,11-14,19,23,27-28H,9-10,15-18,20-21H2,1-4H3,(H,34,40)/t23-,27?,28-,33?/m1/s1. The number of nitrogens with one attached hydrogen (secondary N) is 1. The number of amides is 3. The number of carbonyl (C=O) groups excluding carboxylic acids is 5. The number of nitrogens with zero attached hydrogens (tertiary/aromatic N) is 2. The zero-order chi connectivity index (χ0) is 31.9. The third kappa shape index (κ3) is 7.38. The summed E-state index contributed by atoms with van der Waals surface area (Å²) in [5, 5.41) is 2.85. The Morgan fingerprint density at radius 1 is 1.00 bits per heavy atom. The van der Waals surface area contributed by atoms with Crippen LogP contribution in [0.2, 0.25) is 0 Å². The summed E-state index contributed by atoms with van der Waals surface area (Å²) < 4.78 is 15.5. The number of carbonyl (C=O) groups is 5. The molecule has 0 spiro atoms. The van der Waals surface area contributed by atoms with Gasteiger partial charge in [0.15, 0.2) is 0 Å². The van der Waals surface area contributed by atoms with Crippen molar-refractivity contribution in [2.45, 2.75) is 83.2 Å². The van der Waals surface area contributed by atoms with Gasteiger partial charge in [0.1, 0.15) is 18.2 Å². The highest BCUT2D eigenvalue weighted by molar-refractivity contribution is 5.95. The average molecular weight is 608 g/mol. The number of esters is 2. The molecule has 2 aliphatic rings. The molecule has 0 bridgehead atoms. The number of benzene rings is 2. The van der Waals surface area contributed by atoms with Gasteiger partial charge < -0.3 is 24.4 Å². The monoisotopic (exact) mass is 607 g/mol. The molecule has 2 unspecified atom stereocenters. The van der Waals surface area contributed by atoms with E-state index >= 15 is 0 Å². The van der Waals surface area contributed by atoms with Crippen LogP contribution in [-0.4, -0.2) is 83.6 Å². The summed E-state index contributed by atoms with van der Waals surface area (Å²) in [5.74, 6) is -2.31. The van der Waals surface area contributed by atoms with Crippen molar-refractivity contribution < 1.29 is 38.2 Å². The van der Waals surface area contributed by atoms with Gasteiger partial charge in [0.2, 0.25) is 17.9 Å². The van der Waals surface area contributed by atoms with Gasteiger partial charge in [-0.1, -0.05) is 60.2 Å². The molecule has 2 aromatic carbocycles. The lowest BCUT2D eigenvalue weighted by molar-refractivity contribution is -0.167. The third-order valence-corrected chi connectivity index (χ3v) is 8.27. The van der Waals surface area contributed by atoms with Crippen LogP contribution < -0.4 is 5.32 Å². The van der Waals surface area contributed by atoms with Crippen LogP contribution in [0, 0.1) is 6.92 Å². The van der Waals surface area contributed by atoms with Gasteiger partial charge in [0, 0.05) is 26.4 Å². The van der Waals surface area contributed by atoms with Crippen LogP contribution >= 0.6 is 0 Å². The molecule has 2 saturated heterocycles. The van der Waals surface area contributed by atoms with Crippen molar-refractivity contribution in [3.05, 3.63) is 71.3 Å². The minimum absolute atomic E-state index is 0.0854. The molecular formula is C33H41N3O8. The van der Waals surface area contributed by atoms with Crippen LogP contribution in [0.5, 0.6) is 0 Å². The molecule has 44 heavy (non-hydrogen) atoms. The second-order valence-corrected chi connectivity index (χ2v) is 11.5. The fraction of sp³-hybridized carbons (Fsp3) is 0.485. The van der Waals surface area contributed by atoms with Crippen LogP contribution in [0.1, 0.15) is 56.2 Å². The van der Waals surface area contributed by atoms with E-state index in [9.17, 15) is 24.0 Å². The minimum Gasteiger partial charge on any atom is -0.466 e. The van der Waals surface area contributed by atoms with E-state index in [1.807, 2.05) is 61.5 Å². The van der Waals surface area contributed by atoms with Crippen LogP contribution in [0.3, 0.4) is 0 Å². The van der Waals surface area contributed by atoms with E-state index in [0.29, 0.717) is 38.8 Å². The highest BCUT2D eigenvalue weighted by Crippen LogP contribution is 2.36. The summed E-state index contributed by atoms with van der Waals surface area (Å²) in [4.78, 5) is 68.9. The average Bonchev–Trinajstić information content (AvgIpc) is 3.67. The molecule has 1 N–H and O–H groups in total. The Bertz CT molecular complexity index is 1370. The highest BCUT2D eigenvalue weighted by atomic mass is 16.6. The third-order valence-electron chi connectivity index (χ3n) is 8.27. The number of rotatable bonds is 10. The van der Waals surface area contributed by atoms with E-state index in [1.165, 1.54) is 18.9 Å². The van der Waals surface area contributed by atoms with Crippen LogP contribution in [0.4, 0.5) is 4.79 Å². The molecule has 4 atom stereocenters. The molecule has 2 aliphatic heterocycles. The molecule has 0 aliphatic carbocycles. The Kier molecular flexibility index (Phi) is 10.6. The Morgan fingerprint density at radius 2 is 1.73 bits per heavy atom. The van der Waals surface area contributed by atoms with E-state index in [4.69, 9.17) is 14.2 Å². The van der Waals surface area contributed by atoms with Crippen molar-refractivity contribution in [2.24, 2.45) is 0 Å². The van der Waals surface area contributed by atoms with Gasteiger partial charge in [0.25, 0.3) is 0 Å². The van der Waals surface area contributed by atoms with Gasteiger partial charge in [-0.15, -0.1) is 0 Å². The summed E-state index contributed by atoms with van der Waals surface area (Å²) in [6, 6.07) is 15.3. The summed E-state index contributed by atoms with van der Waals surface area (Å²) in [5.41, 5.74) is 1.40. The molecule has 2 fully saturated rings. The largest absolute Gasteiger partial charge is 0.466 e. The topological polar surface area (TPSA) is 132 Å². The normalized spacial score (nSPS) is 20.9. The van der Waals surface area contributed by atoms with E-state index in [1.54, 1.807) is 11.8 Å². The van der Waals surface area contributed by atoms with Crippen molar-refractivity contribution in [3.8, 4) is 0 Å². The van der Waals surface area contributed by atoms with E-state index in [0.717, 1.165) is 16.7 Å². The van der Waals surface area contributed by atoms with Gasteiger partial charge in [-0.05, 0) is 50.7 Å². The predicted molar refractivity (Wildman–Crippen MR) is 160 cm³/mol. The van der Waals surface area contributed by atoms with Crippen LogP contribution in [0.25, 0.3) is 0 Å². The first kappa shape index (κ1) is 32.5. The summed E-state index contributed by atoms with van der Waals surface area (Å²) in [6.07, 6.45) is 0.288. The Balaban J connectivity index is 1.60. The minimum atomic E-state index is -1.37. The molecule has 0 radical (unpaired) electrons. The zero-order valence-electron chi connectivity index (χ0n) is 25.7. The van der Waals surface area contributed by atoms with Gasteiger partial charge in [-0.3, -0.25) is 19.3 Å². The number of methoxy groups -OCH3 is 1. The van der Waals surface area contributed by atoms with Gasteiger partial charge >= 0.3 is 18.0 Å². The Morgan fingerprint density at radius 3 is 2.41 bits per heavy atom. The zero-order valence-corrected chi connectivity index (χ0v) is 25.7. The smallest absolute Gasteiger partial charge is 0.410 e. The molecule has 11 heteroatoms. The van der Waals surface area contributed by atoms with Gasteiger partial charge in [0.05, 0.1) is 13.2 Å². The lowest BCUT2D eigenvalue weighted by Crippen LogP contribution is -2.64. The first-order chi connectivity index (χ1) is 21.1. The Hall–Kier alpha value is -4.41. The molecule has 2 heterocycles.